The standard InChI is InChI=1S/C19H22N4O3/c1-14(24)19(22-23-20)18(13-26-12-15-6-4-3-5-7-15)21-16-8-10-17(25-2)11-9-16/h3-11,18-19,21H,12-13H2,1-2H3/t18-,19-/m1/s1. The Morgan fingerprint density at radius 2 is 1.88 bits per heavy atom. The Hall–Kier alpha value is -3.02. The first-order valence-electron chi connectivity index (χ1n) is 8.21. The number of carbonyl (C=O) groups is 1. The second-order valence-corrected chi connectivity index (χ2v) is 5.74. The number of hydrogen-bond donors (Lipinski definition) is 1. The molecule has 7 nitrogen and oxygen atoms in total. The van der Waals surface area contributed by atoms with E-state index in [1.807, 2.05) is 42.5 Å². The summed E-state index contributed by atoms with van der Waals surface area (Å²) < 4.78 is 10.9. The molecule has 0 aliphatic carbocycles. The van der Waals surface area contributed by atoms with Crippen molar-refractivity contribution in [2.75, 3.05) is 19.0 Å². The average Bonchev–Trinajstić information content (AvgIpc) is 2.66. The molecule has 2 rings (SSSR count). The quantitative estimate of drug-likeness (QED) is 0.397. The van der Waals surface area contributed by atoms with Crippen molar-refractivity contribution in [3.05, 3.63) is 70.6 Å². The SMILES string of the molecule is COc1ccc(N[C@H](COCc2ccccc2)[C@H](N=[N+]=[N-])C(C)=O)cc1. The van der Waals surface area contributed by atoms with Gasteiger partial charge in [-0.3, -0.25) is 4.79 Å². The van der Waals surface area contributed by atoms with Crippen LogP contribution in [-0.2, 0) is 16.1 Å². The van der Waals surface area contributed by atoms with Crippen LogP contribution in [0.2, 0.25) is 0 Å². The highest BCUT2D eigenvalue weighted by Crippen LogP contribution is 2.18. The number of Topliss-reactive ketones (excluding diaryl/α,β-unsaturated/α-hetero) is 1. The monoisotopic (exact) mass is 354 g/mol. The predicted molar refractivity (Wildman–Crippen MR) is 100 cm³/mol. The number of methoxy groups -OCH3 is 1. The molecule has 136 valence electrons. The third kappa shape index (κ3) is 5.81. The van der Waals surface area contributed by atoms with Crippen LogP contribution in [0, 0.1) is 0 Å². The molecular formula is C19H22N4O3. The van der Waals surface area contributed by atoms with E-state index < -0.39 is 12.1 Å². The van der Waals surface area contributed by atoms with Gasteiger partial charge in [0, 0.05) is 10.6 Å². The van der Waals surface area contributed by atoms with Crippen LogP contribution in [0.5, 0.6) is 5.75 Å². The van der Waals surface area contributed by atoms with E-state index in [0.717, 1.165) is 17.0 Å². The molecule has 0 saturated heterocycles. The Morgan fingerprint density at radius 1 is 1.19 bits per heavy atom. The molecule has 0 aromatic heterocycles. The van der Waals surface area contributed by atoms with Gasteiger partial charge < -0.3 is 14.8 Å². The first kappa shape index (κ1) is 19.3. The molecule has 0 heterocycles. The van der Waals surface area contributed by atoms with Crippen molar-refractivity contribution in [1.82, 2.24) is 0 Å². The van der Waals surface area contributed by atoms with E-state index in [2.05, 4.69) is 15.3 Å². The Labute approximate surface area is 152 Å². The molecule has 0 aliphatic rings. The van der Waals surface area contributed by atoms with Crippen molar-refractivity contribution < 1.29 is 14.3 Å². The minimum absolute atomic E-state index is 0.212. The maximum Gasteiger partial charge on any atom is 0.140 e. The lowest BCUT2D eigenvalue weighted by atomic mass is 10.1. The second kappa shape index (κ2) is 10.1. The van der Waals surface area contributed by atoms with Gasteiger partial charge in [0.1, 0.15) is 17.6 Å². The molecule has 0 spiro atoms. The zero-order valence-corrected chi connectivity index (χ0v) is 14.8. The summed E-state index contributed by atoms with van der Waals surface area (Å²) in [6.07, 6.45) is 0. The van der Waals surface area contributed by atoms with Gasteiger partial charge in [-0.05, 0) is 42.3 Å². The molecule has 2 aromatic carbocycles. The number of nitrogens with one attached hydrogen (secondary N) is 1. The number of benzene rings is 2. The Kier molecular flexibility index (Phi) is 7.49. The van der Waals surface area contributed by atoms with Crippen LogP contribution >= 0.6 is 0 Å². The number of hydrogen-bond acceptors (Lipinski definition) is 5. The lowest BCUT2D eigenvalue weighted by Crippen LogP contribution is -2.40. The van der Waals surface area contributed by atoms with Crippen LogP contribution in [0.25, 0.3) is 10.4 Å². The molecule has 0 unspecified atom stereocenters. The zero-order valence-electron chi connectivity index (χ0n) is 14.8. The average molecular weight is 354 g/mol. The van der Waals surface area contributed by atoms with E-state index in [-0.39, 0.29) is 12.4 Å². The lowest BCUT2D eigenvalue weighted by Gasteiger charge is -2.24. The molecule has 0 amide bonds. The fourth-order valence-electron chi connectivity index (χ4n) is 2.49. The molecule has 0 fully saturated rings. The van der Waals surface area contributed by atoms with Gasteiger partial charge in [-0.25, -0.2) is 0 Å². The number of ketones is 1. The van der Waals surface area contributed by atoms with Crippen LogP contribution in [0.4, 0.5) is 5.69 Å². The summed E-state index contributed by atoms with van der Waals surface area (Å²) in [5.74, 6) is 0.503. The van der Waals surface area contributed by atoms with Crippen LogP contribution in [-0.4, -0.2) is 31.6 Å². The van der Waals surface area contributed by atoms with E-state index in [9.17, 15) is 4.79 Å². The highest BCUT2D eigenvalue weighted by atomic mass is 16.5. The minimum atomic E-state index is -0.863. The third-order valence-corrected chi connectivity index (χ3v) is 3.82. The summed E-state index contributed by atoms with van der Waals surface area (Å²) in [6, 6.07) is 15.6. The van der Waals surface area contributed by atoms with Gasteiger partial charge in [0.15, 0.2) is 0 Å². The normalized spacial score (nSPS) is 12.5. The Morgan fingerprint density at radius 3 is 2.46 bits per heavy atom. The van der Waals surface area contributed by atoms with Gasteiger partial charge in [-0.2, -0.15) is 0 Å². The van der Waals surface area contributed by atoms with E-state index in [1.54, 1.807) is 19.2 Å². The van der Waals surface area contributed by atoms with E-state index in [1.165, 1.54) is 6.92 Å². The number of nitrogens with zero attached hydrogens (tertiary/aromatic N) is 3. The van der Waals surface area contributed by atoms with Gasteiger partial charge in [0.25, 0.3) is 0 Å². The first-order valence-corrected chi connectivity index (χ1v) is 8.21. The number of rotatable bonds is 10. The molecule has 26 heavy (non-hydrogen) atoms. The second-order valence-electron chi connectivity index (χ2n) is 5.74. The first-order chi connectivity index (χ1) is 12.6. The molecule has 1 N–H and O–H groups in total. The summed E-state index contributed by atoms with van der Waals surface area (Å²) >= 11 is 0. The van der Waals surface area contributed by atoms with Crippen LogP contribution < -0.4 is 10.1 Å². The van der Waals surface area contributed by atoms with Gasteiger partial charge in [-0.1, -0.05) is 35.4 Å². The van der Waals surface area contributed by atoms with Gasteiger partial charge >= 0.3 is 0 Å². The van der Waals surface area contributed by atoms with Gasteiger partial charge in [0.05, 0.1) is 26.4 Å². The van der Waals surface area contributed by atoms with E-state index in [0.29, 0.717) is 6.61 Å². The summed E-state index contributed by atoms with van der Waals surface area (Å²) in [5, 5.41) is 6.86. The maximum atomic E-state index is 11.9. The molecule has 0 bridgehead atoms. The molecule has 0 radical (unpaired) electrons. The molecule has 7 heteroatoms. The number of azide groups is 1. The molecule has 2 aromatic rings. The number of ether oxygens (including phenoxy) is 2. The fourth-order valence-corrected chi connectivity index (χ4v) is 2.49. The van der Waals surface area contributed by atoms with Gasteiger partial charge in [-0.15, -0.1) is 0 Å². The van der Waals surface area contributed by atoms with Crippen molar-refractivity contribution in [1.29, 1.82) is 0 Å². The van der Waals surface area contributed by atoms with Crippen molar-refractivity contribution in [2.45, 2.75) is 25.6 Å². The smallest absolute Gasteiger partial charge is 0.140 e. The van der Waals surface area contributed by atoms with Crippen molar-refractivity contribution in [2.24, 2.45) is 5.11 Å². The molecule has 2 atom stereocenters. The zero-order chi connectivity index (χ0) is 18.8. The largest absolute Gasteiger partial charge is 0.497 e. The van der Waals surface area contributed by atoms with Crippen molar-refractivity contribution in [3.8, 4) is 5.75 Å². The van der Waals surface area contributed by atoms with E-state index >= 15 is 0 Å². The van der Waals surface area contributed by atoms with Crippen LogP contribution in [0.15, 0.2) is 59.7 Å². The maximum absolute atomic E-state index is 11.9. The van der Waals surface area contributed by atoms with Crippen molar-refractivity contribution >= 4 is 11.5 Å². The fraction of sp³-hybridized carbons (Fsp3) is 0.316. The highest BCUT2D eigenvalue weighted by Gasteiger charge is 2.25. The summed E-state index contributed by atoms with van der Waals surface area (Å²) in [4.78, 5) is 14.7. The topological polar surface area (TPSA) is 96.3 Å². The Balaban J connectivity index is 2.09. The summed E-state index contributed by atoms with van der Waals surface area (Å²) in [5.41, 5.74) is 10.6. The number of carbonyl (C=O) groups excluding carboxylic acids is 1. The Bertz CT molecular complexity index is 741. The molecular weight excluding hydrogens is 332 g/mol. The minimum Gasteiger partial charge on any atom is -0.497 e. The highest BCUT2D eigenvalue weighted by molar-refractivity contribution is 5.83. The van der Waals surface area contributed by atoms with Crippen LogP contribution in [0.3, 0.4) is 0 Å². The predicted octanol–water partition coefficient (Wildman–Crippen LogP) is 3.96. The molecule has 0 aliphatic heterocycles. The summed E-state index contributed by atoms with van der Waals surface area (Å²) in [7, 11) is 1.59. The lowest BCUT2D eigenvalue weighted by molar-refractivity contribution is -0.118. The van der Waals surface area contributed by atoms with E-state index in [4.69, 9.17) is 15.0 Å². The summed E-state index contributed by atoms with van der Waals surface area (Å²) in [6.45, 7) is 2.02. The molecule has 0 saturated carbocycles. The van der Waals surface area contributed by atoms with Gasteiger partial charge in [0.2, 0.25) is 0 Å². The number of anilines is 1. The third-order valence-electron chi connectivity index (χ3n) is 3.82. The van der Waals surface area contributed by atoms with Crippen molar-refractivity contribution in [3.63, 3.8) is 0 Å². The van der Waals surface area contributed by atoms with Crippen LogP contribution in [0.1, 0.15) is 12.5 Å².